The third-order valence-corrected chi connectivity index (χ3v) is 11.2. The van der Waals surface area contributed by atoms with Gasteiger partial charge in [0.2, 0.25) is 0 Å². The van der Waals surface area contributed by atoms with Crippen molar-refractivity contribution in [2.24, 2.45) is 0 Å². The average molecular weight is 695 g/mol. The number of ether oxygens (including phenoxy) is 3. The Bertz CT molecular complexity index is 1410. The lowest BCUT2D eigenvalue weighted by Crippen LogP contribution is -2.63. The molecule has 0 aromatic heterocycles. The number of rotatable bonds is 14. The molecule has 3 aromatic carbocycles. The molecule has 45 heavy (non-hydrogen) atoms. The molecule has 0 N–H and O–H groups in total. The van der Waals surface area contributed by atoms with E-state index in [2.05, 4.69) is 0 Å². The van der Waals surface area contributed by atoms with Crippen LogP contribution in [0.2, 0.25) is 0 Å². The molecule has 0 saturated heterocycles. The Morgan fingerprint density at radius 2 is 0.800 bits per heavy atom. The SMILES string of the molecule is CCOc1ccc(S(OS(=O)(=O)C(F)(F)C(F)(F)C(F)(F)C(F)(F)F)(c2ccc(OCC)cc2)c2ccc(OCC)cc2)cc1. The lowest BCUT2D eigenvalue weighted by molar-refractivity contribution is -0.382. The van der Waals surface area contributed by atoms with Gasteiger partial charge in [-0.1, -0.05) is 0 Å². The van der Waals surface area contributed by atoms with Gasteiger partial charge in [-0.3, -0.25) is 0 Å². The monoisotopic (exact) mass is 694 g/mol. The van der Waals surface area contributed by atoms with Crippen LogP contribution in [0.15, 0.2) is 87.5 Å². The third kappa shape index (κ3) is 6.65. The van der Waals surface area contributed by atoms with E-state index in [9.17, 15) is 39.2 Å². The first-order valence-electron chi connectivity index (χ1n) is 13.0. The van der Waals surface area contributed by atoms with Crippen LogP contribution in [0.25, 0.3) is 0 Å². The van der Waals surface area contributed by atoms with E-state index in [-0.39, 0.29) is 51.8 Å². The predicted molar refractivity (Wildman–Crippen MR) is 146 cm³/mol. The zero-order chi connectivity index (χ0) is 33.9. The first kappa shape index (κ1) is 36.2. The van der Waals surface area contributed by atoms with Crippen LogP contribution in [0.1, 0.15) is 20.8 Å². The summed E-state index contributed by atoms with van der Waals surface area (Å²) in [6, 6.07) is 14.5. The van der Waals surface area contributed by atoms with Crippen LogP contribution in [0, 0.1) is 0 Å². The van der Waals surface area contributed by atoms with Gasteiger partial charge < -0.3 is 14.2 Å². The van der Waals surface area contributed by atoms with Gasteiger partial charge in [0.1, 0.15) is 17.2 Å². The van der Waals surface area contributed by atoms with Gasteiger partial charge in [0.05, 0.1) is 19.8 Å². The predicted octanol–water partition coefficient (Wildman–Crippen LogP) is 8.85. The van der Waals surface area contributed by atoms with Crippen LogP contribution in [-0.2, 0) is 13.7 Å². The molecule has 17 heteroatoms. The van der Waals surface area contributed by atoms with Gasteiger partial charge in [0, 0.05) is 14.7 Å². The Morgan fingerprint density at radius 1 is 0.511 bits per heavy atom. The van der Waals surface area contributed by atoms with Crippen molar-refractivity contribution < 1.29 is 65.8 Å². The Hall–Kier alpha value is -3.31. The molecule has 250 valence electrons. The van der Waals surface area contributed by atoms with Crippen LogP contribution in [-0.4, -0.2) is 51.5 Å². The first-order valence-corrected chi connectivity index (χ1v) is 16.0. The molecule has 0 bridgehead atoms. The van der Waals surface area contributed by atoms with E-state index in [0.717, 1.165) is 36.4 Å². The number of halogens is 9. The summed E-state index contributed by atoms with van der Waals surface area (Å²) in [5, 5.41) is -7.10. The lowest BCUT2D eigenvalue weighted by Gasteiger charge is -2.41. The molecule has 0 aliphatic rings. The van der Waals surface area contributed by atoms with E-state index in [4.69, 9.17) is 17.8 Å². The van der Waals surface area contributed by atoms with Crippen molar-refractivity contribution in [3.63, 3.8) is 0 Å². The fourth-order valence-corrected chi connectivity index (χ4v) is 9.08. The second-order valence-electron chi connectivity index (χ2n) is 8.95. The fourth-order valence-electron chi connectivity index (χ4n) is 3.90. The van der Waals surface area contributed by atoms with Crippen LogP contribution >= 0.6 is 10.3 Å². The first-order chi connectivity index (χ1) is 20.8. The number of benzene rings is 3. The maximum Gasteiger partial charge on any atom is 0.460 e. The van der Waals surface area contributed by atoms with Crippen molar-refractivity contribution >= 4 is 20.4 Å². The van der Waals surface area contributed by atoms with E-state index in [1.807, 2.05) is 0 Å². The topological polar surface area (TPSA) is 71.1 Å². The van der Waals surface area contributed by atoms with E-state index >= 15 is 8.78 Å². The minimum Gasteiger partial charge on any atom is -0.494 e. The van der Waals surface area contributed by atoms with Crippen molar-refractivity contribution in [3.05, 3.63) is 72.8 Å². The number of hydrogen-bond donors (Lipinski definition) is 0. The van der Waals surface area contributed by atoms with Crippen LogP contribution < -0.4 is 14.2 Å². The Kier molecular flexibility index (Phi) is 10.6. The zero-order valence-corrected chi connectivity index (χ0v) is 25.4. The van der Waals surface area contributed by atoms with E-state index in [1.165, 1.54) is 36.4 Å². The molecule has 0 radical (unpaired) electrons. The zero-order valence-electron chi connectivity index (χ0n) is 23.7. The molecule has 0 amide bonds. The number of hydrogen-bond acceptors (Lipinski definition) is 6. The van der Waals surface area contributed by atoms with Gasteiger partial charge in [-0.05, 0) is 104 Å². The second-order valence-corrected chi connectivity index (χ2v) is 13.4. The minimum atomic E-state index is -7.50. The summed E-state index contributed by atoms with van der Waals surface area (Å²) in [4.78, 5) is -0.779. The molecule has 3 aromatic rings. The summed E-state index contributed by atoms with van der Waals surface area (Å²) >= 11 is 0. The molecule has 0 saturated carbocycles. The normalized spacial score (nSPS) is 13.8. The van der Waals surface area contributed by atoms with Gasteiger partial charge in [0.15, 0.2) is 0 Å². The molecule has 0 atom stereocenters. The van der Waals surface area contributed by atoms with Crippen molar-refractivity contribution in [2.45, 2.75) is 58.7 Å². The quantitative estimate of drug-likeness (QED) is 0.157. The highest BCUT2D eigenvalue weighted by Gasteiger charge is 2.86. The van der Waals surface area contributed by atoms with Crippen molar-refractivity contribution in [1.29, 1.82) is 0 Å². The largest absolute Gasteiger partial charge is 0.494 e. The van der Waals surface area contributed by atoms with Gasteiger partial charge in [-0.2, -0.15) is 47.9 Å². The minimum absolute atomic E-state index is 0.175. The molecule has 0 spiro atoms. The molecular formula is C28H27F9O6S2. The van der Waals surface area contributed by atoms with E-state index < -0.39 is 43.7 Å². The van der Waals surface area contributed by atoms with E-state index in [1.54, 1.807) is 20.8 Å². The summed E-state index contributed by atoms with van der Waals surface area (Å²) in [7, 11) is -11.5. The molecule has 0 aliphatic carbocycles. The summed E-state index contributed by atoms with van der Waals surface area (Å²) in [5.41, 5.74) is 0. The van der Waals surface area contributed by atoms with Crippen LogP contribution in [0.5, 0.6) is 17.2 Å². The van der Waals surface area contributed by atoms with Crippen molar-refractivity contribution in [2.75, 3.05) is 19.8 Å². The molecule has 0 unspecified atom stereocenters. The lowest BCUT2D eigenvalue weighted by atomic mass is 10.1. The molecule has 3 rings (SSSR count). The van der Waals surface area contributed by atoms with Gasteiger partial charge in [-0.15, -0.1) is 0 Å². The maximum atomic E-state index is 15.1. The maximum absolute atomic E-state index is 15.1. The smallest absolute Gasteiger partial charge is 0.460 e. The van der Waals surface area contributed by atoms with Crippen molar-refractivity contribution in [1.82, 2.24) is 0 Å². The van der Waals surface area contributed by atoms with Crippen molar-refractivity contribution in [3.8, 4) is 17.2 Å². The standard InChI is InChI=1S/C28H27F9O6S2/c1-4-40-19-7-13-22(14-8-19)44(23-15-9-20(10-16-23)41-5-2,24-17-11-21(12-18-24)42-6-3)43-45(38,39)28(36,37)26(31,32)25(29,30)27(33,34)35/h7-18H,4-6H2,1-3H3. The summed E-state index contributed by atoms with van der Waals surface area (Å²) in [6.45, 7) is 5.44. The van der Waals surface area contributed by atoms with Crippen LogP contribution in [0.3, 0.4) is 0 Å². The second kappa shape index (κ2) is 13.2. The third-order valence-electron chi connectivity index (χ3n) is 6.02. The molecule has 6 nitrogen and oxygen atoms in total. The van der Waals surface area contributed by atoms with E-state index in [0.29, 0.717) is 0 Å². The fraction of sp³-hybridized carbons (Fsp3) is 0.357. The average Bonchev–Trinajstić information content (AvgIpc) is 2.97. The van der Waals surface area contributed by atoms with Gasteiger partial charge in [-0.25, -0.2) is 3.63 Å². The Morgan fingerprint density at radius 3 is 1.04 bits per heavy atom. The highest BCUT2D eigenvalue weighted by atomic mass is 32.3. The molecular weight excluding hydrogens is 667 g/mol. The summed E-state index contributed by atoms with van der Waals surface area (Å²) in [5.74, 6) is -14.4. The molecule has 0 aliphatic heterocycles. The molecule has 0 fully saturated rings. The highest BCUT2D eigenvalue weighted by molar-refractivity contribution is 8.33. The van der Waals surface area contributed by atoms with Crippen LogP contribution in [0.4, 0.5) is 39.5 Å². The Balaban J connectivity index is 2.40. The summed E-state index contributed by atoms with van der Waals surface area (Å²) < 4.78 is 172. The highest BCUT2D eigenvalue weighted by Crippen LogP contribution is 2.71. The van der Waals surface area contributed by atoms with Gasteiger partial charge >= 0.3 is 33.4 Å². The summed E-state index contributed by atoms with van der Waals surface area (Å²) in [6.07, 6.45) is -7.25. The Labute approximate surface area is 254 Å². The molecule has 0 heterocycles. The van der Waals surface area contributed by atoms with Gasteiger partial charge in [0.25, 0.3) is 0 Å². The number of alkyl halides is 9.